The summed E-state index contributed by atoms with van der Waals surface area (Å²) in [4.78, 5) is 28.1. The molecule has 84 valence electrons. The Morgan fingerprint density at radius 1 is 1.06 bits per heavy atom. The monoisotopic (exact) mass is 234 g/mol. The van der Waals surface area contributed by atoms with Crippen molar-refractivity contribution < 1.29 is 4.79 Å². The number of aliphatic imine (C=N–C) groups is 1. The average molecular weight is 234 g/mol. The highest BCUT2D eigenvalue weighted by atomic mass is 16.1. The molecule has 5 heteroatoms. The van der Waals surface area contributed by atoms with Gasteiger partial charge in [-0.25, -0.2) is 15.0 Å². The predicted molar refractivity (Wildman–Crippen MR) is 64.5 cm³/mol. The zero-order chi connectivity index (χ0) is 12.1. The van der Waals surface area contributed by atoms with Crippen LogP contribution in [-0.4, -0.2) is 17.2 Å². The lowest BCUT2D eigenvalue weighted by Crippen LogP contribution is -2.26. The fraction of sp³-hybridized carbons (Fsp3) is 0. The van der Waals surface area contributed by atoms with Crippen LogP contribution < -0.4 is 10.8 Å². The number of carbonyl (C=O) groups excluding carboxylic acids is 1. The molecular weight excluding hydrogens is 228 g/mol. The molecule has 0 unspecified atom stereocenters. The molecule has 1 aromatic carbocycles. The molecule has 2 aromatic rings. The molecule has 0 aliphatic carbocycles. The Bertz CT molecular complexity index is 852. The van der Waals surface area contributed by atoms with Gasteiger partial charge >= 0.3 is 0 Å². The Morgan fingerprint density at radius 2 is 1.94 bits per heavy atom. The third-order valence-corrected chi connectivity index (χ3v) is 2.97. The van der Waals surface area contributed by atoms with Crippen molar-refractivity contribution in [3.63, 3.8) is 0 Å². The van der Waals surface area contributed by atoms with E-state index in [2.05, 4.69) is 20.0 Å². The molecule has 1 aromatic heterocycles. The molecule has 0 saturated carbocycles. The van der Waals surface area contributed by atoms with E-state index in [-0.39, 0.29) is 5.91 Å². The fourth-order valence-electron chi connectivity index (χ4n) is 2.14. The van der Waals surface area contributed by atoms with E-state index in [0.717, 1.165) is 16.9 Å². The maximum atomic E-state index is 11.6. The summed E-state index contributed by atoms with van der Waals surface area (Å²) in [5, 5.41) is 0.704. The average Bonchev–Trinajstić information content (AvgIpc) is 2.75. The third-order valence-electron chi connectivity index (χ3n) is 2.97. The van der Waals surface area contributed by atoms with Crippen LogP contribution >= 0.6 is 0 Å². The largest absolute Gasteiger partial charge is 0.282 e. The highest BCUT2D eigenvalue weighted by Gasteiger charge is 2.19. The number of amides is 1. The number of hydrogen-bond acceptors (Lipinski definition) is 4. The van der Waals surface area contributed by atoms with E-state index in [9.17, 15) is 4.79 Å². The van der Waals surface area contributed by atoms with E-state index in [1.54, 1.807) is 6.07 Å². The molecular formula is C13H6N4O. The topological polar surface area (TPSA) is 67.0 Å². The zero-order valence-corrected chi connectivity index (χ0v) is 9.16. The van der Waals surface area contributed by atoms with Crippen LogP contribution in [0.3, 0.4) is 0 Å². The number of fused-ring (bicyclic) bond motifs is 4. The number of para-hydroxylation sites is 1. The standard InChI is InChI=1S/C13H6N4O/c18-13-8-5-10-11(17-12(8)14-6-15-13)7-3-1-2-4-9(7)16-10/h1-6H. The number of nitrogens with zero attached hydrogens (tertiary/aromatic N) is 4. The van der Waals surface area contributed by atoms with Crippen LogP contribution in [-0.2, 0) is 0 Å². The van der Waals surface area contributed by atoms with E-state index in [0.29, 0.717) is 16.4 Å². The summed E-state index contributed by atoms with van der Waals surface area (Å²) in [6.07, 6.45) is 1.24. The second-order valence-electron chi connectivity index (χ2n) is 4.04. The van der Waals surface area contributed by atoms with Crippen LogP contribution in [0.5, 0.6) is 0 Å². The Hall–Kier alpha value is -2.69. The Labute approximate surface area is 101 Å². The summed E-state index contributed by atoms with van der Waals surface area (Å²) in [7, 11) is 0. The number of benzene rings is 1. The summed E-state index contributed by atoms with van der Waals surface area (Å²) in [5.74, 6) is -0.318. The van der Waals surface area contributed by atoms with Gasteiger partial charge in [-0.3, -0.25) is 4.79 Å². The van der Waals surface area contributed by atoms with E-state index in [1.807, 2.05) is 24.3 Å². The minimum atomic E-state index is -0.318. The van der Waals surface area contributed by atoms with Crippen LogP contribution in [0.25, 0.3) is 11.3 Å². The summed E-state index contributed by atoms with van der Waals surface area (Å²) in [5.41, 5.74) is 3.45. The maximum absolute atomic E-state index is 11.6. The highest BCUT2D eigenvalue weighted by Crippen LogP contribution is 2.29. The summed E-state index contributed by atoms with van der Waals surface area (Å²) < 4.78 is 0. The van der Waals surface area contributed by atoms with Gasteiger partial charge in [0.1, 0.15) is 12.0 Å². The predicted octanol–water partition coefficient (Wildman–Crippen LogP) is 0.815. The second-order valence-corrected chi connectivity index (χ2v) is 4.04. The van der Waals surface area contributed by atoms with Crippen molar-refractivity contribution in [2.45, 2.75) is 0 Å². The van der Waals surface area contributed by atoms with Crippen LogP contribution in [0.4, 0.5) is 5.69 Å². The van der Waals surface area contributed by atoms with Crippen molar-refractivity contribution in [3.05, 3.63) is 46.7 Å². The molecule has 5 nitrogen and oxygen atoms in total. The SMILES string of the molecule is O=C1N=CN=c2nc3c(cc21)=Nc1ccccc1-3. The first-order chi connectivity index (χ1) is 8.83. The first-order valence-electron chi connectivity index (χ1n) is 5.47. The normalized spacial score (nSPS) is 14.3. The lowest BCUT2D eigenvalue weighted by molar-refractivity contribution is 0.1000. The van der Waals surface area contributed by atoms with Crippen LogP contribution in [0.15, 0.2) is 45.3 Å². The molecule has 18 heavy (non-hydrogen) atoms. The fourth-order valence-corrected chi connectivity index (χ4v) is 2.14. The summed E-state index contributed by atoms with van der Waals surface area (Å²) in [6, 6.07) is 9.45. The number of pyridine rings is 1. The molecule has 0 atom stereocenters. The molecule has 0 spiro atoms. The Morgan fingerprint density at radius 3 is 2.89 bits per heavy atom. The third kappa shape index (κ3) is 1.13. The Kier molecular flexibility index (Phi) is 1.64. The van der Waals surface area contributed by atoms with Gasteiger partial charge in [-0.05, 0) is 12.1 Å². The van der Waals surface area contributed by atoms with Gasteiger partial charge in [-0.1, -0.05) is 18.2 Å². The van der Waals surface area contributed by atoms with Gasteiger partial charge in [0.05, 0.1) is 16.6 Å². The van der Waals surface area contributed by atoms with Gasteiger partial charge < -0.3 is 0 Å². The maximum Gasteiger partial charge on any atom is 0.282 e. The minimum absolute atomic E-state index is 0.318. The van der Waals surface area contributed by atoms with Gasteiger partial charge in [-0.15, -0.1) is 0 Å². The van der Waals surface area contributed by atoms with Gasteiger partial charge in [0.2, 0.25) is 0 Å². The van der Waals surface area contributed by atoms with Crippen molar-refractivity contribution in [3.8, 4) is 11.3 Å². The van der Waals surface area contributed by atoms with E-state index >= 15 is 0 Å². The molecule has 0 N–H and O–H groups in total. The molecule has 3 heterocycles. The second kappa shape index (κ2) is 3.16. The first kappa shape index (κ1) is 9.35. The minimum Gasteiger partial charge on any atom is -0.267 e. The van der Waals surface area contributed by atoms with E-state index in [4.69, 9.17) is 0 Å². The van der Waals surface area contributed by atoms with Crippen molar-refractivity contribution >= 4 is 17.9 Å². The highest BCUT2D eigenvalue weighted by molar-refractivity contribution is 6.00. The van der Waals surface area contributed by atoms with Gasteiger partial charge in [0, 0.05) is 5.56 Å². The van der Waals surface area contributed by atoms with Gasteiger partial charge in [0.25, 0.3) is 5.91 Å². The van der Waals surface area contributed by atoms with Crippen molar-refractivity contribution in [1.29, 1.82) is 0 Å². The summed E-state index contributed by atoms with van der Waals surface area (Å²) in [6.45, 7) is 0. The number of carbonyl (C=O) groups is 1. The van der Waals surface area contributed by atoms with Gasteiger partial charge in [-0.2, -0.15) is 4.99 Å². The molecule has 2 aliphatic heterocycles. The molecule has 0 saturated heterocycles. The van der Waals surface area contributed by atoms with Gasteiger partial charge in [0.15, 0.2) is 5.49 Å². The smallest absolute Gasteiger partial charge is 0.267 e. The van der Waals surface area contributed by atoms with Crippen LogP contribution in [0.1, 0.15) is 10.4 Å². The lowest BCUT2D eigenvalue weighted by atomic mass is 10.1. The van der Waals surface area contributed by atoms with E-state index in [1.165, 1.54) is 6.34 Å². The molecule has 4 rings (SSSR count). The first-order valence-corrected chi connectivity index (χ1v) is 5.47. The van der Waals surface area contributed by atoms with Crippen molar-refractivity contribution in [1.82, 2.24) is 4.98 Å². The van der Waals surface area contributed by atoms with Crippen molar-refractivity contribution in [2.75, 3.05) is 0 Å². The van der Waals surface area contributed by atoms with Crippen LogP contribution in [0, 0.1) is 0 Å². The molecule has 0 radical (unpaired) electrons. The molecule has 2 aliphatic rings. The molecule has 1 amide bonds. The van der Waals surface area contributed by atoms with Crippen molar-refractivity contribution in [2.24, 2.45) is 15.0 Å². The number of rotatable bonds is 0. The van der Waals surface area contributed by atoms with Crippen LogP contribution in [0.2, 0.25) is 0 Å². The Balaban J connectivity index is 2.12. The lowest BCUT2D eigenvalue weighted by Gasteiger charge is -2.01. The molecule has 0 fully saturated rings. The van der Waals surface area contributed by atoms with E-state index < -0.39 is 0 Å². The number of hydrogen-bond donors (Lipinski definition) is 0. The summed E-state index contributed by atoms with van der Waals surface area (Å²) >= 11 is 0. The molecule has 0 bridgehead atoms. The number of aromatic nitrogens is 1. The quantitative estimate of drug-likeness (QED) is 0.577. The zero-order valence-electron chi connectivity index (χ0n) is 9.16.